The number of furan rings is 1. The number of aliphatic hydroxyl groups excluding tert-OH is 1. The van der Waals surface area contributed by atoms with Gasteiger partial charge >= 0.3 is 0 Å². The number of hydrogen-bond acceptors (Lipinski definition) is 6. The van der Waals surface area contributed by atoms with Gasteiger partial charge in [-0.1, -0.05) is 12.1 Å². The van der Waals surface area contributed by atoms with E-state index in [-0.39, 0.29) is 11.3 Å². The number of aliphatic hydroxyl groups is 1. The molecule has 7 nitrogen and oxygen atoms in total. The molecule has 1 saturated heterocycles. The molecule has 28 heavy (non-hydrogen) atoms. The summed E-state index contributed by atoms with van der Waals surface area (Å²) in [7, 11) is 5.41. The van der Waals surface area contributed by atoms with Crippen molar-refractivity contribution in [2.24, 2.45) is 0 Å². The monoisotopic (exact) mass is 384 g/mol. The molecule has 148 valence electrons. The third-order valence-electron chi connectivity index (χ3n) is 4.70. The highest BCUT2D eigenvalue weighted by molar-refractivity contribution is 6.46. The SMILES string of the molecule is COc1cccc(/C(O)=C2\C(=O)C(=O)N(CCCN(C)C)[C@H]2c2ccco2)c1. The van der Waals surface area contributed by atoms with E-state index in [0.717, 1.165) is 6.54 Å². The topological polar surface area (TPSA) is 83.2 Å². The zero-order valence-electron chi connectivity index (χ0n) is 16.2. The molecule has 2 heterocycles. The van der Waals surface area contributed by atoms with Crippen LogP contribution in [0.1, 0.15) is 23.8 Å². The van der Waals surface area contributed by atoms with E-state index in [1.165, 1.54) is 18.3 Å². The van der Waals surface area contributed by atoms with Gasteiger partial charge in [0.2, 0.25) is 0 Å². The lowest BCUT2D eigenvalue weighted by molar-refractivity contribution is -0.140. The molecule has 0 unspecified atom stereocenters. The second-order valence-electron chi connectivity index (χ2n) is 6.90. The van der Waals surface area contributed by atoms with Gasteiger partial charge < -0.3 is 24.1 Å². The molecule has 0 spiro atoms. The minimum atomic E-state index is -0.761. The van der Waals surface area contributed by atoms with E-state index in [2.05, 4.69) is 0 Å². The highest BCUT2D eigenvalue weighted by Crippen LogP contribution is 2.39. The molecular weight excluding hydrogens is 360 g/mol. The predicted molar refractivity (Wildman–Crippen MR) is 104 cm³/mol. The standard InChI is InChI=1S/C21H24N2O5/c1-22(2)10-6-11-23-18(16-9-5-12-28-16)17(20(25)21(23)26)19(24)14-7-4-8-15(13-14)27-3/h4-5,7-9,12-13,18,24H,6,10-11H2,1-3H3/b19-17+/t18-/m0/s1. The predicted octanol–water partition coefficient (Wildman–Crippen LogP) is 2.66. The molecule has 2 aromatic rings. The van der Waals surface area contributed by atoms with Gasteiger partial charge in [-0.05, 0) is 51.3 Å². The Balaban J connectivity index is 2.04. The molecule has 3 rings (SSSR count). The number of likely N-dealkylation sites (tertiary alicyclic amines) is 1. The summed E-state index contributed by atoms with van der Waals surface area (Å²) >= 11 is 0. The Morgan fingerprint density at radius 2 is 2.04 bits per heavy atom. The number of nitrogens with zero attached hydrogens (tertiary/aromatic N) is 2. The highest BCUT2D eigenvalue weighted by Gasteiger charge is 2.47. The van der Waals surface area contributed by atoms with Crippen molar-refractivity contribution in [3.05, 3.63) is 59.6 Å². The molecule has 1 aliphatic rings. The van der Waals surface area contributed by atoms with Crippen molar-refractivity contribution < 1.29 is 23.8 Å². The van der Waals surface area contributed by atoms with Gasteiger partial charge in [0.15, 0.2) is 0 Å². The first-order valence-electron chi connectivity index (χ1n) is 9.05. The Labute approximate surface area is 163 Å². The fraction of sp³-hybridized carbons (Fsp3) is 0.333. The van der Waals surface area contributed by atoms with Crippen LogP contribution in [-0.2, 0) is 9.59 Å². The average Bonchev–Trinajstić information content (AvgIpc) is 3.29. The molecular formula is C21H24N2O5. The summed E-state index contributed by atoms with van der Waals surface area (Å²) in [5.41, 5.74) is 0.431. The number of hydrogen-bond donors (Lipinski definition) is 1. The molecule has 1 aromatic carbocycles. The van der Waals surface area contributed by atoms with Gasteiger partial charge in [0.05, 0.1) is 18.9 Å². The summed E-state index contributed by atoms with van der Waals surface area (Å²) in [6, 6.07) is 9.37. The molecule has 0 aliphatic carbocycles. The number of methoxy groups -OCH3 is 1. The maximum atomic E-state index is 12.8. The van der Waals surface area contributed by atoms with Crippen LogP contribution in [0.4, 0.5) is 0 Å². The lowest BCUT2D eigenvalue weighted by Gasteiger charge is -2.24. The van der Waals surface area contributed by atoms with E-state index in [1.807, 2.05) is 19.0 Å². The number of Topliss-reactive ketones (excluding diaryl/α,β-unsaturated/α-hetero) is 1. The van der Waals surface area contributed by atoms with Crippen LogP contribution in [0.25, 0.3) is 5.76 Å². The van der Waals surface area contributed by atoms with E-state index < -0.39 is 17.7 Å². The van der Waals surface area contributed by atoms with Crippen LogP contribution in [-0.4, -0.2) is 60.9 Å². The third kappa shape index (κ3) is 3.80. The number of carbonyl (C=O) groups excluding carboxylic acids is 2. The molecule has 7 heteroatoms. The fourth-order valence-corrected chi connectivity index (χ4v) is 3.34. The average molecular weight is 384 g/mol. The Morgan fingerprint density at radius 1 is 1.25 bits per heavy atom. The first-order chi connectivity index (χ1) is 13.4. The van der Waals surface area contributed by atoms with Crippen molar-refractivity contribution >= 4 is 17.4 Å². The van der Waals surface area contributed by atoms with Crippen LogP contribution in [0.5, 0.6) is 5.75 Å². The molecule has 0 radical (unpaired) electrons. The van der Waals surface area contributed by atoms with Crippen molar-refractivity contribution in [2.45, 2.75) is 12.5 Å². The quantitative estimate of drug-likeness (QED) is 0.449. The molecule has 0 bridgehead atoms. The van der Waals surface area contributed by atoms with Crippen molar-refractivity contribution in [1.29, 1.82) is 0 Å². The second kappa shape index (κ2) is 8.31. The Morgan fingerprint density at radius 3 is 2.68 bits per heavy atom. The highest BCUT2D eigenvalue weighted by atomic mass is 16.5. The van der Waals surface area contributed by atoms with Crippen molar-refractivity contribution in [3.8, 4) is 5.75 Å². The zero-order valence-corrected chi connectivity index (χ0v) is 16.2. The van der Waals surface area contributed by atoms with Crippen LogP contribution in [0.3, 0.4) is 0 Å². The van der Waals surface area contributed by atoms with Crippen molar-refractivity contribution in [3.63, 3.8) is 0 Å². The summed E-state index contributed by atoms with van der Waals surface area (Å²) in [6.07, 6.45) is 2.18. The maximum Gasteiger partial charge on any atom is 0.295 e. The number of carbonyl (C=O) groups is 2. The van der Waals surface area contributed by atoms with Gasteiger partial charge in [0.1, 0.15) is 23.3 Å². The van der Waals surface area contributed by atoms with Gasteiger partial charge in [-0.3, -0.25) is 9.59 Å². The summed E-state index contributed by atoms with van der Waals surface area (Å²) < 4.78 is 10.7. The van der Waals surface area contributed by atoms with Gasteiger partial charge in [0.25, 0.3) is 11.7 Å². The minimum Gasteiger partial charge on any atom is -0.507 e. The number of benzene rings is 1. The van der Waals surface area contributed by atoms with Crippen LogP contribution in [0.15, 0.2) is 52.7 Å². The molecule has 1 aliphatic heterocycles. The first-order valence-corrected chi connectivity index (χ1v) is 9.05. The van der Waals surface area contributed by atoms with Crippen LogP contribution in [0, 0.1) is 0 Å². The van der Waals surface area contributed by atoms with Gasteiger partial charge in [-0.25, -0.2) is 0 Å². The molecule has 0 saturated carbocycles. The number of ketones is 1. The minimum absolute atomic E-state index is 0.0260. The van der Waals surface area contributed by atoms with E-state index in [4.69, 9.17) is 9.15 Å². The van der Waals surface area contributed by atoms with E-state index >= 15 is 0 Å². The lowest BCUT2D eigenvalue weighted by atomic mass is 9.99. The van der Waals surface area contributed by atoms with Crippen molar-refractivity contribution in [2.75, 3.05) is 34.3 Å². The fourth-order valence-electron chi connectivity index (χ4n) is 3.34. The van der Waals surface area contributed by atoms with Crippen LogP contribution < -0.4 is 4.74 Å². The summed E-state index contributed by atoms with van der Waals surface area (Å²) in [6.45, 7) is 1.15. The summed E-state index contributed by atoms with van der Waals surface area (Å²) in [5, 5.41) is 10.9. The number of amides is 1. The largest absolute Gasteiger partial charge is 0.507 e. The molecule has 1 N–H and O–H groups in total. The molecule has 1 amide bonds. The molecule has 1 atom stereocenters. The van der Waals surface area contributed by atoms with E-state index in [9.17, 15) is 14.7 Å². The first kappa shape index (κ1) is 19.7. The molecule has 1 fully saturated rings. The molecule has 1 aromatic heterocycles. The Bertz CT molecular complexity index is 886. The zero-order chi connectivity index (χ0) is 20.3. The maximum absolute atomic E-state index is 12.8. The Kier molecular flexibility index (Phi) is 5.84. The second-order valence-corrected chi connectivity index (χ2v) is 6.90. The summed E-state index contributed by atoms with van der Waals surface area (Å²) in [5.74, 6) is -0.614. The van der Waals surface area contributed by atoms with Gasteiger partial charge in [-0.2, -0.15) is 0 Å². The van der Waals surface area contributed by atoms with Crippen LogP contribution in [0.2, 0.25) is 0 Å². The lowest BCUT2D eigenvalue weighted by Crippen LogP contribution is -2.32. The number of ether oxygens (including phenoxy) is 1. The van der Waals surface area contributed by atoms with Crippen molar-refractivity contribution in [1.82, 2.24) is 9.80 Å². The van der Waals surface area contributed by atoms with Gasteiger partial charge in [-0.15, -0.1) is 0 Å². The van der Waals surface area contributed by atoms with E-state index in [0.29, 0.717) is 30.0 Å². The van der Waals surface area contributed by atoms with Crippen LogP contribution >= 0.6 is 0 Å². The smallest absolute Gasteiger partial charge is 0.295 e. The van der Waals surface area contributed by atoms with E-state index in [1.54, 1.807) is 36.4 Å². The third-order valence-corrected chi connectivity index (χ3v) is 4.70. The Hall–Kier alpha value is -3.06. The summed E-state index contributed by atoms with van der Waals surface area (Å²) in [4.78, 5) is 29.0. The van der Waals surface area contributed by atoms with Gasteiger partial charge in [0, 0.05) is 12.1 Å². The normalized spacial score (nSPS) is 18.9. The number of rotatable bonds is 7.